The molecule has 3 N–H and O–H groups in total. The van der Waals surface area contributed by atoms with Crippen LogP contribution >= 0.6 is 0 Å². The third-order valence-electron chi connectivity index (χ3n) is 5.08. The number of carboxylic acid groups (broad SMARTS) is 1. The van der Waals surface area contributed by atoms with Crippen molar-refractivity contribution < 1.29 is 24.2 Å². The second kappa shape index (κ2) is 7.86. The molecule has 7 heteroatoms. The Morgan fingerprint density at radius 2 is 1.92 bits per heavy atom. The van der Waals surface area contributed by atoms with E-state index < -0.39 is 17.9 Å². The van der Waals surface area contributed by atoms with Gasteiger partial charge in [0.15, 0.2) is 0 Å². The predicted octanol–water partition coefficient (Wildman–Crippen LogP) is 1.89. The number of carbonyl (C=O) groups excluding carboxylic acids is 2. The topological polar surface area (TPSA) is 105 Å². The quantitative estimate of drug-likeness (QED) is 0.719. The molecule has 1 heterocycles. The van der Waals surface area contributed by atoms with Crippen LogP contribution in [0.25, 0.3) is 0 Å². The lowest BCUT2D eigenvalue weighted by atomic mass is 9.93. The summed E-state index contributed by atoms with van der Waals surface area (Å²) in [5.41, 5.74) is 0.979. The fraction of sp³-hybridized carbons (Fsp3) is 0.526. The van der Waals surface area contributed by atoms with Crippen molar-refractivity contribution in [3.63, 3.8) is 0 Å². The Morgan fingerprint density at radius 1 is 1.23 bits per heavy atom. The molecule has 26 heavy (non-hydrogen) atoms. The van der Waals surface area contributed by atoms with Crippen molar-refractivity contribution in [3.8, 4) is 0 Å². The molecule has 1 saturated carbocycles. The minimum absolute atomic E-state index is 0.00191. The Kier molecular flexibility index (Phi) is 5.56. The average molecular weight is 360 g/mol. The second-order valence-electron chi connectivity index (χ2n) is 7.15. The monoisotopic (exact) mass is 360 g/mol. The lowest BCUT2D eigenvalue weighted by molar-refractivity contribution is -0.142. The summed E-state index contributed by atoms with van der Waals surface area (Å²) in [6, 6.07) is 5.49. The minimum Gasteiger partial charge on any atom is -0.480 e. The van der Waals surface area contributed by atoms with Crippen molar-refractivity contribution in [1.82, 2.24) is 5.32 Å². The zero-order valence-corrected chi connectivity index (χ0v) is 14.7. The molecule has 4 atom stereocenters. The van der Waals surface area contributed by atoms with Crippen LogP contribution in [0.5, 0.6) is 0 Å². The highest BCUT2D eigenvalue weighted by molar-refractivity contribution is 5.98. The summed E-state index contributed by atoms with van der Waals surface area (Å²) in [5, 5.41) is 14.8. The number of hydrogen-bond acceptors (Lipinski definition) is 4. The number of carbonyl (C=O) groups is 3. The van der Waals surface area contributed by atoms with E-state index in [1.807, 2.05) is 6.92 Å². The summed E-state index contributed by atoms with van der Waals surface area (Å²) in [6.07, 6.45) is 2.41. The number of benzene rings is 1. The summed E-state index contributed by atoms with van der Waals surface area (Å²) in [4.78, 5) is 35.8. The number of anilines is 1. The van der Waals surface area contributed by atoms with Gasteiger partial charge in [-0.1, -0.05) is 6.92 Å². The first-order valence-corrected chi connectivity index (χ1v) is 8.98. The molecule has 0 radical (unpaired) electrons. The van der Waals surface area contributed by atoms with E-state index in [0.29, 0.717) is 36.8 Å². The van der Waals surface area contributed by atoms with Crippen LogP contribution < -0.4 is 10.6 Å². The van der Waals surface area contributed by atoms with E-state index in [4.69, 9.17) is 4.74 Å². The molecule has 140 valence electrons. The molecule has 0 bridgehead atoms. The van der Waals surface area contributed by atoms with Crippen LogP contribution in [-0.4, -0.2) is 42.1 Å². The maximum Gasteiger partial charge on any atom is 0.326 e. The second-order valence-corrected chi connectivity index (χ2v) is 7.15. The maximum atomic E-state index is 12.4. The van der Waals surface area contributed by atoms with Crippen LogP contribution in [0.2, 0.25) is 0 Å². The fourth-order valence-corrected chi connectivity index (χ4v) is 3.26. The van der Waals surface area contributed by atoms with Gasteiger partial charge in [-0.3, -0.25) is 9.59 Å². The third kappa shape index (κ3) is 4.40. The zero-order valence-electron chi connectivity index (χ0n) is 14.7. The molecule has 2 amide bonds. The molecular weight excluding hydrogens is 336 g/mol. The lowest BCUT2D eigenvalue weighted by Crippen LogP contribution is -2.48. The third-order valence-corrected chi connectivity index (χ3v) is 5.08. The summed E-state index contributed by atoms with van der Waals surface area (Å²) in [5.74, 6) is -1.24. The van der Waals surface area contributed by atoms with Crippen molar-refractivity contribution in [2.75, 3.05) is 18.5 Å². The molecule has 3 rings (SSSR count). The van der Waals surface area contributed by atoms with Gasteiger partial charge in [0.05, 0.1) is 6.61 Å². The van der Waals surface area contributed by atoms with Gasteiger partial charge in [-0.25, -0.2) is 4.79 Å². The van der Waals surface area contributed by atoms with Crippen LogP contribution in [-0.2, 0) is 14.3 Å². The molecule has 0 spiro atoms. The largest absolute Gasteiger partial charge is 0.480 e. The molecular formula is C19H24N2O5. The summed E-state index contributed by atoms with van der Waals surface area (Å²) in [7, 11) is 0. The van der Waals surface area contributed by atoms with Gasteiger partial charge in [-0.2, -0.15) is 0 Å². The number of hydrogen-bond donors (Lipinski definition) is 3. The van der Waals surface area contributed by atoms with Gasteiger partial charge in [0.25, 0.3) is 5.91 Å². The van der Waals surface area contributed by atoms with Gasteiger partial charge < -0.3 is 20.5 Å². The molecule has 0 aromatic heterocycles. The van der Waals surface area contributed by atoms with E-state index in [1.54, 1.807) is 24.3 Å². The lowest BCUT2D eigenvalue weighted by Gasteiger charge is -2.28. The smallest absolute Gasteiger partial charge is 0.326 e. The van der Waals surface area contributed by atoms with Crippen molar-refractivity contribution in [3.05, 3.63) is 29.8 Å². The van der Waals surface area contributed by atoms with Gasteiger partial charge in [0.2, 0.25) is 5.91 Å². The Bertz CT molecular complexity index is 682. The molecule has 2 fully saturated rings. The molecule has 1 aromatic rings. The number of ether oxygens (including phenoxy) is 1. The number of nitrogens with one attached hydrogen (secondary N) is 2. The Labute approximate surface area is 152 Å². The van der Waals surface area contributed by atoms with E-state index in [0.717, 1.165) is 12.8 Å². The van der Waals surface area contributed by atoms with E-state index in [2.05, 4.69) is 10.6 Å². The number of carboxylic acids is 1. The van der Waals surface area contributed by atoms with Crippen molar-refractivity contribution >= 4 is 23.5 Å². The van der Waals surface area contributed by atoms with Crippen LogP contribution in [0, 0.1) is 17.8 Å². The normalized spacial score (nSPS) is 25.8. The van der Waals surface area contributed by atoms with Crippen LogP contribution in [0.3, 0.4) is 0 Å². The Morgan fingerprint density at radius 3 is 2.46 bits per heavy atom. The fourth-order valence-electron chi connectivity index (χ4n) is 3.26. The summed E-state index contributed by atoms with van der Waals surface area (Å²) >= 11 is 0. The van der Waals surface area contributed by atoms with Crippen LogP contribution in [0.4, 0.5) is 5.69 Å². The van der Waals surface area contributed by atoms with E-state index in [1.165, 1.54) is 0 Å². The van der Waals surface area contributed by atoms with Crippen molar-refractivity contribution in [2.45, 2.75) is 32.2 Å². The number of amides is 2. The first kappa shape index (κ1) is 18.4. The first-order chi connectivity index (χ1) is 12.5. The Balaban J connectivity index is 1.59. The molecule has 4 unspecified atom stereocenters. The zero-order chi connectivity index (χ0) is 18.7. The van der Waals surface area contributed by atoms with Crippen molar-refractivity contribution in [2.24, 2.45) is 17.8 Å². The highest BCUT2D eigenvalue weighted by Crippen LogP contribution is 2.38. The van der Waals surface area contributed by atoms with Crippen LogP contribution in [0.1, 0.15) is 36.5 Å². The first-order valence-electron chi connectivity index (χ1n) is 8.98. The number of rotatable bonds is 6. The van der Waals surface area contributed by atoms with E-state index in [-0.39, 0.29) is 17.7 Å². The summed E-state index contributed by atoms with van der Waals surface area (Å²) < 4.78 is 5.33. The van der Waals surface area contributed by atoms with Gasteiger partial charge in [0.1, 0.15) is 6.04 Å². The van der Waals surface area contributed by atoms with Gasteiger partial charge >= 0.3 is 5.97 Å². The maximum absolute atomic E-state index is 12.4. The van der Waals surface area contributed by atoms with E-state index in [9.17, 15) is 19.5 Å². The predicted molar refractivity (Wildman–Crippen MR) is 94.8 cm³/mol. The standard InChI is InChI=1S/C19H24N2O5/c1-11-9-15(11)18(23)20-14-6-4-12(5-7-14)17(22)21-16(19(24)25)13-3-2-8-26-10-13/h4-7,11,13,15-16H,2-3,8-10H2,1H3,(H,20,23)(H,21,22)(H,24,25). The summed E-state index contributed by atoms with van der Waals surface area (Å²) in [6.45, 7) is 3.00. The number of aliphatic carboxylic acids is 1. The van der Waals surface area contributed by atoms with Gasteiger partial charge in [0, 0.05) is 29.7 Å². The molecule has 1 aromatic carbocycles. The van der Waals surface area contributed by atoms with E-state index >= 15 is 0 Å². The van der Waals surface area contributed by atoms with Gasteiger partial charge in [-0.15, -0.1) is 0 Å². The van der Waals surface area contributed by atoms with Crippen molar-refractivity contribution in [1.29, 1.82) is 0 Å². The highest BCUT2D eigenvalue weighted by Gasteiger charge is 2.39. The molecule has 1 saturated heterocycles. The highest BCUT2D eigenvalue weighted by atomic mass is 16.5. The molecule has 1 aliphatic heterocycles. The van der Waals surface area contributed by atoms with Crippen LogP contribution in [0.15, 0.2) is 24.3 Å². The Hall–Kier alpha value is -2.41. The molecule has 1 aliphatic carbocycles. The van der Waals surface area contributed by atoms with Gasteiger partial charge in [-0.05, 0) is 49.4 Å². The SMILES string of the molecule is CC1CC1C(=O)Nc1ccc(C(=O)NC(C(=O)O)C2CCCOC2)cc1. The minimum atomic E-state index is -1.06. The molecule has 7 nitrogen and oxygen atoms in total. The average Bonchev–Trinajstić information content (AvgIpc) is 3.37. The molecule has 2 aliphatic rings.